The van der Waals surface area contributed by atoms with E-state index in [9.17, 15) is 5.11 Å². The van der Waals surface area contributed by atoms with Gasteiger partial charge in [-0.3, -0.25) is 4.90 Å². The first-order valence-corrected chi connectivity index (χ1v) is 6.30. The van der Waals surface area contributed by atoms with Crippen LogP contribution in [0.3, 0.4) is 0 Å². The second-order valence-electron chi connectivity index (χ2n) is 5.24. The molecule has 2 aliphatic rings. The Kier molecular flexibility index (Phi) is 2.40. The summed E-state index contributed by atoms with van der Waals surface area (Å²) in [5, 5.41) is 9.49. The first-order chi connectivity index (χ1) is 7.74. The Balaban J connectivity index is 1.80. The highest BCUT2D eigenvalue weighted by atomic mass is 16.3. The van der Waals surface area contributed by atoms with Gasteiger partial charge in [0.1, 0.15) is 5.75 Å². The SMILES string of the molecule is C[C@H]1CCCN1C1Cc2ccc(O)cc2C1. The minimum Gasteiger partial charge on any atom is -0.508 e. The maximum absolute atomic E-state index is 9.49. The molecular formula is C14H19NO. The third-order valence-corrected chi connectivity index (χ3v) is 4.17. The van der Waals surface area contributed by atoms with Crippen LogP contribution in [0.5, 0.6) is 5.75 Å². The van der Waals surface area contributed by atoms with E-state index >= 15 is 0 Å². The molecule has 0 radical (unpaired) electrons. The average Bonchev–Trinajstić information content (AvgIpc) is 2.82. The van der Waals surface area contributed by atoms with Crippen LogP contribution in [0.25, 0.3) is 0 Å². The first kappa shape index (κ1) is 10.2. The number of phenols is 1. The topological polar surface area (TPSA) is 23.5 Å². The number of aromatic hydroxyl groups is 1. The molecule has 1 heterocycles. The zero-order valence-corrected chi connectivity index (χ0v) is 9.82. The van der Waals surface area contributed by atoms with Crippen molar-refractivity contribution in [1.82, 2.24) is 4.90 Å². The van der Waals surface area contributed by atoms with E-state index in [-0.39, 0.29) is 0 Å². The monoisotopic (exact) mass is 217 g/mol. The molecule has 1 unspecified atom stereocenters. The molecule has 86 valence electrons. The van der Waals surface area contributed by atoms with Crippen LogP contribution in [-0.2, 0) is 12.8 Å². The number of hydrogen-bond acceptors (Lipinski definition) is 2. The fourth-order valence-corrected chi connectivity index (χ4v) is 3.31. The summed E-state index contributed by atoms with van der Waals surface area (Å²) < 4.78 is 0. The van der Waals surface area contributed by atoms with Gasteiger partial charge in [-0.1, -0.05) is 6.07 Å². The first-order valence-electron chi connectivity index (χ1n) is 6.30. The molecular weight excluding hydrogens is 198 g/mol. The van der Waals surface area contributed by atoms with Crippen molar-refractivity contribution in [2.75, 3.05) is 6.54 Å². The van der Waals surface area contributed by atoms with Gasteiger partial charge in [-0.05, 0) is 62.4 Å². The van der Waals surface area contributed by atoms with Crippen molar-refractivity contribution in [3.63, 3.8) is 0 Å². The van der Waals surface area contributed by atoms with Crippen LogP contribution in [0, 0.1) is 0 Å². The van der Waals surface area contributed by atoms with E-state index in [1.807, 2.05) is 12.1 Å². The molecule has 2 heteroatoms. The maximum atomic E-state index is 9.49. The zero-order chi connectivity index (χ0) is 11.1. The van der Waals surface area contributed by atoms with Crippen LogP contribution in [0.2, 0.25) is 0 Å². The predicted molar refractivity (Wildman–Crippen MR) is 64.7 cm³/mol. The highest BCUT2D eigenvalue weighted by molar-refractivity contribution is 5.39. The lowest BCUT2D eigenvalue weighted by molar-refractivity contribution is 0.195. The summed E-state index contributed by atoms with van der Waals surface area (Å²) in [6.07, 6.45) is 4.98. The summed E-state index contributed by atoms with van der Waals surface area (Å²) in [4.78, 5) is 2.65. The molecule has 2 nitrogen and oxygen atoms in total. The van der Waals surface area contributed by atoms with Crippen molar-refractivity contribution >= 4 is 0 Å². The standard InChI is InChI=1S/C14H19NO/c1-10-3-2-6-15(10)13-7-11-4-5-14(16)9-12(11)8-13/h4-5,9-10,13,16H,2-3,6-8H2,1H3/t10-,13?/m0/s1. The van der Waals surface area contributed by atoms with Gasteiger partial charge in [0.25, 0.3) is 0 Å². The smallest absolute Gasteiger partial charge is 0.115 e. The van der Waals surface area contributed by atoms with E-state index in [1.165, 1.54) is 36.9 Å². The molecule has 1 aliphatic carbocycles. The van der Waals surface area contributed by atoms with Crippen LogP contribution >= 0.6 is 0 Å². The summed E-state index contributed by atoms with van der Waals surface area (Å²) in [6, 6.07) is 7.26. The van der Waals surface area contributed by atoms with E-state index in [0.29, 0.717) is 11.8 Å². The second kappa shape index (κ2) is 3.77. The van der Waals surface area contributed by atoms with Crippen LogP contribution in [0.1, 0.15) is 30.9 Å². The molecule has 1 aliphatic heterocycles. The Labute approximate surface area is 96.9 Å². The van der Waals surface area contributed by atoms with Crippen molar-refractivity contribution in [2.24, 2.45) is 0 Å². The van der Waals surface area contributed by atoms with Gasteiger partial charge in [-0.25, -0.2) is 0 Å². The summed E-state index contributed by atoms with van der Waals surface area (Å²) >= 11 is 0. The number of hydrogen-bond donors (Lipinski definition) is 1. The molecule has 2 atom stereocenters. The predicted octanol–water partition coefficient (Wildman–Crippen LogP) is 2.34. The third kappa shape index (κ3) is 1.61. The highest BCUT2D eigenvalue weighted by Crippen LogP contribution is 2.31. The molecule has 1 fully saturated rings. The lowest BCUT2D eigenvalue weighted by atomic mass is 10.1. The fourth-order valence-electron chi connectivity index (χ4n) is 3.31. The summed E-state index contributed by atoms with van der Waals surface area (Å²) in [6.45, 7) is 3.60. The van der Waals surface area contributed by atoms with E-state index in [0.717, 1.165) is 12.5 Å². The molecule has 0 saturated carbocycles. The number of fused-ring (bicyclic) bond motifs is 1. The average molecular weight is 217 g/mol. The molecule has 0 amide bonds. The van der Waals surface area contributed by atoms with Gasteiger partial charge in [-0.15, -0.1) is 0 Å². The van der Waals surface area contributed by atoms with E-state index in [4.69, 9.17) is 0 Å². The Bertz CT molecular complexity index is 402. The number of rotatable bonds is 1. The summed E-state index contributed by atoms with van der Waals surface area (Å²) in [5.41, 5.74) is 2.78. The lowest BCUT2D eigenvalue weighted by Gasteiger charge is -2.27. The minimum atomic E-state index is 0.411. The van der Waals surface area contributed by atoms with Crippen molar-refractivity contribution < 1.29 is 5.11 Å². The van der Waals surface area contributed by atoms with Gasteiger partial charge < -0.3 is 5.11 Å². The fraction of sp³-hybridized carbons (Fsp3) is 0.571. The van der Waals surface area contributed by atoms with Gasteiger partial charge in [0.15, 0.2) is 0 Å². The van der Waals surface area contributed by atoms with E-state index in [2.05, 4.69) is 17.9 Å². The summed E-state index contributed by atoms with van der Waals surface area (Å²) in [5.74, 6) is 0.411. The number of nitrogens with zero attached hydrogens (tertiary/aromatic N) is 1. The Morgan fingerprint density at radius 1 is 1.25 bits per heavy atom. The molecule has 1 N–H and O–H groups in total. The van der Waals surface area contributed by atoms with Gasteiger partial charge in [0.2, 0.25) is 0 Å². The molecule has 1 saturated heterocycles. The third-order valence-electron chi connectivity index (χ3n) is 4.17. The zero-order valence-electron chi connectivity index (χ0n) is 9.82. The normalized spacial score (nSPS) is 29.6. The van der Waals surface area contributed by atoms with Crippen LogP contribution in [0.4, 0.5) is 0 Å². The van der Waals surface area contributed by atoms with Crippen molar-refractivity contribution in [1.29, 1.82) is 0 Å². The minimum absolute atomic E-state index is 0.411. The molecule has 1 aromatic rings. The summed E-state index contributed by atoms with van der Waals surface area (Å²) in [7, 11) is 0. The van der Waals surface area contributed by atoms with Crippen molar-refractivity contribution in [3.8, 4) is 5.75 Å². The lowest BCUT2D eigenvalue weighted by Crippen LogP contribution is -2.38. The van der Waals surface area contributed by atoms with Gasteiger partial charge >= 0.3 is 0 Å². The van der Waals surface area contributed by atoms with Gasteiger partial charge in [0.05, 0.1) is 0 Å². The Morgan fingerprint density at radius 2 is 2.06 bits per heavy atom. The molecule has 0 bridgehead atoms. The van der Waals surface area contributed by atoms with E-state index < -0.39 is 0 Å². The Morgan fingerprint density at radius 3 is 2.81 bits per heavy atom. The van der Waals surface area contributed by atoms with Crippen LogP contribution in [-0.4, -0.2) is 28.6 Å². The molecule has 0 aromatic heterocycles. The molecule has 16 heavy (non-hydrogen) atoms. The van der Waals surface area contributed by atoms with Crippen molar-refractivity contribution in [3.05, 3.63) is 29.3 Å². The number of benzene rings is 1. The second-order valence-corrected chi connectivity index (χ2v) is 5.24. The number of likely N-dealkylation sites (tertiary alicyclic amines) is 1. The van der Waals surface area contributed by atoms with Crippen LogP contribution < -0.4 is 0 Å². The molecule has 3 rings (SSSR count). The van der Waals surface area contributed by atoms with E-state index in [1.54, 1.807) is 0 Å². The molecule has 0 spiro atoms. The highest BCUT2D eigenvalue weighted by Gasteiger charge is 2.32. The van der Waals surface area contributed by atoms with Crippen LogP contribution in [0.15, 0.2) is 18.2 Å². The molecule has 1 aromatic carbocycles. The van der Waals surface area contributed by atoms with Crippen molar-refractivity contribution in [2.45, 2.75) is 44.7 Å². The number of phenolic OH excluding ortho intramolecular Hbond substituents is 1. The quantitative estimate of drug-likeness (QED) is 0.780. The van der Waals surface area contributed by atoms with Gasteiger partial charge in [-0.2, -0.15) is 0 Å². The Hall–Kier alpha value is -1.02. The van der Waals surface area contributed by atoms with Gasteiger partial charge in [0, 0.05) is 12.1 Å². The largest absolute Gasteiger partial charge is 0.508 e. The maximum Gasteiger partial charge on any atom is 0.115 e.